The second kappa shape index (κ2) is 6.45. The Morgan fingerprint density at radius 3 is 2.04 bits per heavy atom. The van der Waals surface area contributed by atoms with Gasteiger partial charge in [0.05, 0.1) is 11.1 Å². The fourth-order valence-electron chi connectivity index (χ4n) is 2.57. The van der Waals surface area contributed by atoms with Crippen molar-refractivity contribution in [1.29, 1.82) is 0 Å². The van der Waals surface area contributed by atoms with Crippen molar-refractivity contribution in [2.45, 2.75) is 25.2 Å². The molecule has 0 saturated carbocycles. The fourth-order valence-corrected chi connectivity index (χ4v) is 2.57. The van der Waals surface area contributed by atoms with Crippen LogP contribution in [0.1, 0.15) is 34.3 Å². The largest absolute Gasteiger partial charge is 0.416 e. The Hall–Kier alpha value is -2.06. The predicted molar refractivity (Wildman–Crippen MR) is 71.1 cm³/mol. The van der Waals surface area contributed by atoms with E-state index in [9.17, 15) is 35.9 Å². The number of carbonyl (C=O) groups is 2. The van der Waals surface area contributed by atoms with Gasteiger partial charge in [-0.15, -0.1) is 0 Å². The van der Waals surface area contributed by atoms with E-state index in [4.69, 9.17) is 0 Å². The molecule has 1 amide bonds. The molecule has 1 aliphatic heterocycles. The molecule has 3 nitrogen and oxygen atoms in total. The van der Waals surface area contributed by atoms with Crippen LogP contribution in [0.25, 0.3) is 0 Å². The number of rotatable bonds is 2. The first-order valence-electron chi connectivity index (χ1n) is 7.06. The molecular weight excluding hydrogens is 340 g/mol. The summed E-state index contributed by atoms with van der Waals surface area (Å²) in [5.41, 5.74) is -3.77. The molecule has 132 valence electrons. The molecule has 1 aliphatic rings. The van der Waals surface area contributed by atoms with E-state index in [1.807, 2.05) is 0 Å². The number of alkyl halides is 6. The van der Waals surface area contributed by atoms with E-state index in [1.54, 1.807) is 0 Å². The van der Waals surface area contributed by atoms with Gasteiger partial charge in [-0.3, -0.25) is 4.79 Å². The molecule has 1 aromatic rings. The topological polar surface area (TPSA) is 37.4 Å². The van der Waals surface area contributed by atoms with Crippen molar-refractivity contribution >= 4 is 12.2 Å². The number of amides is 1. The van der Waals surface area contributed by atoms with Crippen molar-refractivity contribution in [1.82, 2.24) is 4.90 Å². The lowest BCUT2D eigenvalue weighted by Gasteiger charge is -2.30. The molecule has 0 bridgehead atoms. The minimum atomic E-state index is -5.01. The van der Waals surface area contributed by atoms with E-state index in [0.717, 1.165) is 4.90 Å². The van der Waals surface area contributed by atoms with Crippen molar-refractivity contribution in [3.8, 4) is 0 Å². The van der Waals surface area contributed by atoms with Crippen molar-refractivity contribution in [2.75, 3.05) is 13.1 Å². The second-order valence-electron chi connectivity index (χ2n) is 5.58. The van der Waals surface area contributed by atoms with Crippen LogP contribution in [0.2, 0.25) is 0 Å². The normalized spacial score (nSPS) is 19.2. The molecule has 0 spiro atoms. The van der Waals surface area contributed by atoms with Gasteiger partial charge in [-0.25, -0.2) is 0 Å². The smallest absolute Gasteiger partial charge is 0.338 e. The molecule has 24 heavy (non-hydrogen) atoms. The third-order valence-electron chi connectivity index (χ3n) is 3.77. The minimum Gasteiger partial charge on any atom is -0.338 e. The number of piperidine rings is 1. The summed E-state index contributed by atoms with van der Waals surface area (Å²) >= 11 is 0. The molecule has 2 rings (SSSR count). The van der Waals surface area contributed by atoms with Crippen LogP contribution in [-0.2, 0) is 17.1 Å². The maximum atomic E-state index is 12.8. The zero-order chi connectivity index (χ0) is 18.1. The quantitative estimate of drug-likeness (QED) is 0.600. The number of aldehydes is 1. The standard InChI is InChI=1S/C15H13F6NO2/c16-14(17,18)11-4-10(5-12(6-11)15(19,20)21)13(24)22-3-1-2-9(7-22)8-23/h4-6,8-9H,1-3,7H2. The number of carbonyl (C=O) groups excluding carboxylic acids is 2. The molecule has 0 aliphatic carbocycles. The summed E-state index contributed by atoms with van der Waals surface area (Å²) in [6, 6.07) is 0.783. The van der Waals surface area contributed by atoms with Gasteiger partial charge < -0.3 is 9.69 Å². The molecule has 1 fully saturated rings. The van der Waals surface area contributed by atoms with Crippen LogP contribution in [-0.4, -0.2) is 30.2 Å². The van der Waals surface area contributed by atoms with E-state index < -0.39 is 40.9 Å². The van der Waals surface area contributed by atoms with Crippen molar-refractivity contribution in [2.24, 2.45) is 5.92 Å². The summed E-state index contributed by atoms with van der Waals surface area (Å²) in [7, 11) is 0. The third-order valence-corrected chi connectivity index (χ3v) is 3.77. The maximum Gasteiger partial charge on any atom is 0.416 e. The molecule has 0 N–H and O–H groups in total. The summed E-state index contributed by atoms with van der Waals surface area (Å²) in [4.78, 5) is 24.2. The van der Waals surface area contributed by atoms with Gasteiger partial charge in [0.2, 0.25) is 0 Å². The Labute approximate surface area is 133 Å². The SMILES string of the molecule is O=CC1CCCN(C(=O)c2cc(C(F)(F)F)cc(C(F)(F)F)c2)C1. The van der Waals surface area contributed by atoms with E-state index in [-0.39, 0.29) is 19.2 Å². The predicted octanol–water partition coefficient (Wildman–Crippen LogP) is 3.78. The molecule has 1 aromatic carbocycles. The van der Waals surface area contributed by atoms with Crippen molar-refractivity contribution < 1.29 is 35.9 Å². The lowest BCUT2D eigenvalue weighted by atomic mass is 9.98. The van der Waals surface area contributed by atoms with Crippen LogP contribution in [0.15, 0.2) is 18.2 Å². The lowest BCUT2D eigenvalue weighted by molar-refractivity contribution is -0.143. The Morgan fingerprint density at radius 1 is 1.04 bits per heavy atom. The lowest BCUT2D eigenvalue weighted by Crippen LogP contribution is -2.40. The summed E-state index contributed by atoms with van der Waals surface area (Å²) in [6.45, 7) is 0.167. The van der Waals surface area contributed by atoms with Crippen molar-refractivity contribution in [3.63, 3.8) is 0 Å². The third kappa shape index (κ3) is 4.07. The van der Waals surface area contributed by atoms with Crippen LogP contribution >= 0.6 is 0 Å². The number of halogens is 6. The first kappa shape index (κ1) is 18.3. The van der Waals surface area contributed by atoms with E-state index in [0.29, 0.717) is 31.3 Å². The molecule has 1 atom stereocenters. The Bertz CT molecular complexity index is 606. The number of nitrogens with zero attached hydrogens (tertiary/aromatic N) is 1. The van der Waals surface area contributed by atoms with Crippen LogP contribution in [0.4, 0.5) is 26.3 Å². The van der Waals surface area contributed by atoms with Gasteiger partial charge in [0.15, 0.2) is 0 Å². The maximum absolute atomic E-state index is 12.8. The highest BCUT2D eigenvalue weighted by atomic mass is 19.4. The molecule has 1 heterocycles. The van der Waals surface area contributed by atoms with E-state index in [2.05, 4.69) is 0 Å². The molecule has 9 heteroatoms. The first-order chi connectivity index (χ1) is 11.0. The fraction of sp³-hybridized carbons (Fsp3) is 0.467. The number of hydrogen-bond donors (Lipinski definition) is 0. The zero-order valence-corrected chi connectivity index (χ0v) is 12.2. The molecule has 1 unspecified atom stereocenters. The summed E-state index contributed by atoms with van der Waals surface area (Å²) in [6.07, 6.45) is -8.40. The number of hydrogen-bond acceptors (Lipinski definition) is 2. The van der Waals surface area contributed by atoms with Crippen LogP contribution in [0, 0.1) is 5.92 Å². The van der Waals surface area contributed by atoms with Crippen molar-refractivity contribution in [3.05, 3.63) is 34.9 Å². The van der Waals surface area contributed by atoms with E-state index in [1.165, 1.54) is 0 Å². The Morgan fingerprint density at radius 2 is 1.58 bits per heavy atom. The van der Waals surface area contributed by atoms with Crippen LogP contribution < -0.4 is 0 Å². The van der Waals surface area contributed by atoms with Crippen LogP contribution in [0.3, 0.4) is 0 Å². The molecule has 1 saturated heterocycles. The van der Waals surface area contributed by atoms with Gasteiger partial charge >= 0.3 is 12.4 Å². The molecular formula is C15H13F6NO2. The molecule has 0 radical (unpaired) electrons. The van der Waals surface area contributed by atoms with Crippen LogP contribution in [0.5, 0.6) is 0 Å². The Balaban J connectivity index is 2.41. The highest BCUT2D eigenvalue weighted by Crippen LogP contribution is 2.36. The highest BCUT2D eigenvalue weighted by Gasteiger charge is 2.38. The van der Waals surface area contributed by atoms with Gasteiger partial charge in [0, 0.05) is 24.6 Å². The monoisotopic (exact) mass is 353 g/mol. The summed E-state index contributed by atoms with van der Waals surface area (Å²) in [5.74, 6) is -1.41. The average Bonchev–Trinajstić information content (AvgIpc) is 2.52. The average molecular weight is 353 g/mol. The highest BCUT2D eigenvalue weighted by molar-refractivity contribution is 5.95. The van der Waals surface area contributed by atoms with E-state index >= 15 is 0 Å². The van der Waals surface area contributed by atoms with Gasteiger partial charge in [0.25, 0.3) is 5.91 Å². The van der Waals surface area contributed by atoms with Gasteiger partial charge in [0.1, 0.15) is 6.29 Å². The summed E-state index contributed by atoms with van der Waals surface area (Å²) in [5, 5.41) is 0. The van der Waals surface area contributed by atoms with Gasteiger partial charge in [-0.2, -0.15) is 26.3 Å². The minimum absolute atomic E-state index is 0.0140. The molecule has 0 aromatic heterocycles. The Kier molecular flexibility index (Phi) is 4.91. The van der Waals surface area contributed by atoms with Gasteiger partial charge in [-0.1, -0.05) is 0 Å². The number of benzene rings is 1. The van der Waals surface area contributed by atoms with Gasteiger partial charge in [-0.05, 0) is 31.0 Å². The first-order valence-corrected chi connectivity index (χ1v) is 7.06. The number of likely N-dealkylation sites (tertiary alicyclic amines) is 1. The second-order valence-corrected chi connectivity index (χ2v) is 5.58. The zero-order valence-electron chi connectivity index (χ0n) is 12.2. The summed E-state index contributed by atoms with van der Waals surface area (Å²) < 4.78 is 76.9.